The second-order valence-corrected chi connectivity index (χ2v) is 11.0. The Morgan fingerprint density at radius 2 is 2.03 bits per heavy atom. The summed E-state index contributed by atoms with van der Waals surface area (Å²) in [5.74, 6) is 0.746. The number of thiazole rings is 1. The van der Waals surface area contributed by atoms with Crippen LogP contribution in [0.25, 0.3) is 16.7 Å². The fourth-order valence-electron chi connectivity index (χ4n) is 4.43. The fourth-order valence-corrected chi connectivity index (χ4v) is 5.14. The van der Waals surface area contributed by atoms with Gasteiger partial charge in [0, 0.05) is 48.1 Å². The predicted octanol–water partition coefficient (Wildman–Crippen LogP) is 5.98. The Labute approximate surface area is 208 Å². The average Bonchev–Trinajstić information content (AvgIpc) is 3.38. The quantitative estimate of drug-likeness (QED) is 0.446. The van der Waals surface area contributed by atoms with E-state index in [1.54, 1.807) is 13.8 Å². The van der Waals surface area contributed by atoms with Crippen LogP contribution in [0.3, 0.4) is 0 Å². The molecular formula is C25H32N4O5S. The molecule has 9 nitrogen and oxygen atoms in total. The zero-order valence-electron chi connectivity index (χ0n) is 20.6. The lowest BCUT2D eigenvalue weighted by atomic mass is 9.80. The molecule has 1 aliphatic rings. The number of nitrogens with one attached hydrogen (secondary N) is 1. The highest BCUT2D eigenvalue weighted by Gasteiger charge is 2.39. The van der Waals surface area contributed by atoms with E-state index >= 15 is 0 Å². The first kappa shape index (κ1) is 24.8. The van der Waals surface area contributed by atoms with Gasteiger partial charge in [0.1, 0.15) is 6.10 Å². The molecule has 2 N–H and O–H groups in total. The van der Waals surface area contributed by atoms with Gasteiger partial charge >= 0.3 is 12.2 Å². The Bertz CT molecular complexity index is 1210. The van der Waals surface area contributed by atoms with Crippen LogP contribution in [0.2, 0.25) is 0 Å². The molecule has 2 unspecified atom stereocenters. The molecule has 1 fully saturated rings. The van der Waals surface area contributed by atoms with Gasteiger partial charge in [-0.1, -0.05) is 32.1 Å². The first-order valence-corrected chi connectivity index (χ1v) is 12.6. The van der Waals surface area contributed by atoms with Crippen molar-refractivity contribution in [1.29, 1.82) is 0 Å². The third-order valence-electron chi connectivity index (χ3n) is 6.06. The number of hydrogen-bond acceptors (Lipinski definition) is 6. The molecule has 0 saturated carbocycles. The van der Waals surface area contributed by atoms with E-state index in [9.17, 15) is 14.7 Å². The monoisotopic (exact) mass is 500 g/mol. The van der Waals surface area contributed by atoms with E-state index in [0.29, 0.717) is 30.3 Å². The van der Waals surface area contributed by atoms with Gasteiger partial charge in [0.05, 0.1) is 11.6 Å². The van der Waals surface area contributed by atoms with Gasteiger partial charge in [-0.2, -0.15) is 4.98 Å². The zero-order chi connectivity index (χ0) is 25.3. The average molecular weight is 501 g/mol. The van der Waals surface area contributed by atoms with Crippen molar-refractivity contribution in [2.75, 3.05) is 11.9 Å². The number of carboxylic acid groups (broad SMARTS) is 1. The maximum atomic E-state index is 11.9. The van der Waals surface area contributed by atoms with Crippen molar-refractivity contribution < 1.29 is 24.2 Å². The lowest BCUT2D eigenvalue weighted by Gasteiger charge is -2.44. The van der Waals surface area contributed by atoms with Crippen molar-refractivity contribution in [3.8, 4) is 11.0 Å². The Morgan fingerprint density at radius 3 is 2.71 bits per heavy atom. The minimum absolute atomic E-state index is 0.0885. The number of fused-ring (bicyclic) bond motifs is 1. The number of likely N-dealkylation sites (tertiary alicyclic amines) is 1. The normalized spacial score (nSPS) is 18.6. The minimum atomic E-state index is -0.880. The standard InChI is InChI=1S/C25H32N4O5S/c1-15(2)33-22(30)26-17-6-7-19-16(12-17)8-10-28(19)21-14-35-23(27-21)34-18-9-11-29(24(31)32)20(13-18)25(3,4)5/h6-8,10,12,14-15,18,20H,9,11,13H2,1-5H3,(H,26,30)(H,31,32). The SMILES string of the molecule is CC(C)OC(=O)Nc1ccc2c(ccn2-c2csc(OC3CCN(C(=O)O)C(C(C)(C)C)C3)n2)c1. The summed E-state index contributed by atoms with van der Waals surface area (Å²) in [5.41, 5.74) is 1.43. The van der Waals surface area contributed by atoms with E-state index in [-0.39, 0.29) is 23.7 Å². The lowest BCUT2D eigenvalue weighted by Crippen LogP contribution is -2.53. The summed E-state index contributed by atoms with van der Waals surface area (Å²) in [6.07, 6.45) is 1.55. The number of rotatable bonds is 5. The van der Waals surface area contributed by atoms with Gasteiger partial charge in [-0.3, -0.25) is 5.32 Å². The van der Waals surface area contributed by atoms with E-state index in [4.69, 9.17) is 9.47 Å². The first-order chi connectivity index (χ1) is 16.5. The van der Waals surface area contributed by atoms with Gasteiger partial charge in [-0.15, -0.1) is 0 Å². The molecule has 4 rings (SSSR count). The smallest absolute Gasteiger partial charge is 0.411 e. The molecular weight excluding hydrogens is 468 g/mol. The number of hydrogen-bond donors (Lipinski definition) is 2. The molecule has 2 atom stereocenters. The third kappa shape index (κ3) is 5.70. The number of aromatic nitrogens is 2. The molecule has 0 radical (unpaired) electrons. The van der Waals surface area contributed by atoms with Crippen molar-refractivity contribution in [1.82, 2.24) is 14.5 Å². The summed E-state index contributed by atoms with van der Waals surface area (Å²) in [6.45, 7) is 10.2. The summed E-state index contributed by atoms with van der Waals surface area (Å²) < 4.78 is 13.3. The maximum Gasteiger partial charge on any atom is 0.411 e. The largest absolute Gasteiger partial charge is 0.467 e. The van der Waals surface area contributed by atoms with Crippen LogP contribution < -0.4 is 10.1 Å². The number of benzene rings is 1. The summed E-state index contributed by atoms with van der Waals surface area (Å²) in [6, 6.07) is 7.49. The zero-order valence-corrected chi connectivity index (χ0v) is 21.5. The predicted molar refractivity (Wildman–Crippen MR) is 136 cm³/mol. The summed E-state index contributed by atoms with van der Waals surface area (Å²) >= 11 is 1.43. The van der Waals surface area contributed by atoms with Crippen LogP contribution in [0, 0.1) is 5.41 Å². The number of piperidine rings is 1. The number of nitrogens with zero attached hydrogens (tertiary/aromatic N) is 3. The van der Waals surface area contributed by atoms with Gasteiger partial charge in [0.2, 0.25) is 0 Å². The van der Waals surface area contributed by atoms with Crippen LogP contribution in [-0.2, 0) is 4.74 Å². The van der Waals surface area contributed by atoms with Gasteiger partial charge in [-0.05, 0) is 43.5 Å². The van der Waals surface area contributed by atoms with Crippen molar-refractivity contribution in [3.05, 3.63) is 35.8 Å². The molecule has 0 bridgehead atoms. The summed E-state index contributed by atoms with van der Waals surface area (Å²) in [5, 5.41) is 15.8. The molecule has 0 aliphatic carbocycles. The summed E-state index contributed by atoms with van der Waals surface area (Å²) in [7, 11) is 0. The van der Waals surface area contributed by atoms with E-state index in [0.717, 1.165) is 16.7 Å². The molecule has 1 aromatic carbocycles. The van der Waals surface area contributed by atoms with E-state index in [2.05, 4.69) is 31.1 Å². The Hall–Kier alpha value is -3.27. The molecule has 2 amide bonds. The van der Waals surface area contributed by atoms with Crippen molar-refractivity contribution >= 4 is 40.1 Å². The minimum Gasteiger partial charge on any atom is -0.467 e. The van der Waals surface area contributed by atoms with Crippen LogP contribution in [-0.4, -0.2) is 56.5 Å². The molecule has 3 heterocycles. The van der Waals surface area contributed by atoms with Crippen molar-refractivity contribution in [2.45, 2.75) is 65.7 Å². The molecule has 10 heteroatoms. The van der Waals surface area contributed by atoms with E-state index in [1.165, 1.54) is 16.2 Å². The maximum absolute atomic E-state index is 11.9. The second kappa shape index (κ2) is 9.77. The lowest BCUT2D eigenvalue weighted by molar-refractivity contribution is 0.0130. The van der Waals surface area contributed by atoms with Gasteiger partial charge in [0.25, 0.3) is 5.19 Å². The fraction of sp³-hybridized carbons (Fsp3) is 0.480. The van der Waals surface area contributed by atoms with E-state index in [1.807, 2.05) is 40.4 Å². The summed E-state index contributed by atoms with van der Waals surface area (Å²) in [4.78, 5) is 29.8. The van der Waals surface area contributed by atoms with Gasteiger partial charge in [-0.25, -0.2) is 9.59 Å². The Kier molecular flexibility index (Phi) is 6.93. The first-order valence-electron chi connectivity index (χ1n) is 11.7. The van der Waals surface area contributed by atoms with Crippen LogP contribution in [0.15, 0.2) is 35.8 Å². The topological polar surface area (TPSA) is 106 Å². The molecule has 0 spiro atoms. The van der Waals surface area contributed by atoms with Crippen LogP contribution >= 0.6 is 11.3 Å². The Morgan fingerprint density at radius 1 is 1.26 bits per heavy atom. The highest BCUT2D eigenvalue weighted by atomic mass is 32.1. The third-order valence-corrected chi connectivity index (χ3v) is 6.78. The van der Waals surface area contributed by atoms with Crippen LogP contribution in [0.4, 0.5) is 15.3 Å². The molecule has 3 aromatic rings. The highest BCUT2D eigenvalue weighted by molar-refractivity contribution is 7.11. The molecule has 35 heavy (non-hydrogen) atoms. The number of carbonyl (C=O) groups is 2. The highest BCUT2D eigenvalue weighted by Crippen LogP contribution is 2.35. The number of amides is 2. The van der Waals surface area contributed by atoms with Crippen LogP contribution in [0.5, 0.6) is 5.19 Å². The van der Waals surface area contributed by atoms with E-state index < -0.39 is 12.2 Å². The van der Waals surface area contributed by atoms with Crippen molar-refractivity contribution in [2.24, 2.45) is 5.41 Å². The molecule has 1 aliphatic heterocycles. The van der Waals surface area contributed by atoms with Crippen molar-refractivity contribution in [3.63, 3.8) is 0 Å². The molecule has 188 valence electrons. The molecule has 1 saturated heterocycles. The molecule has 2 aromatic heterocycles. The van der Waals surface area contributed by atoms with Crippen LogP contribution in [0.1, 0.15) is 47.5 Å². The van der Waals surface area contributed by atoms with Gasteiger partial charge < -0.3 is 24.0 Å². The number of carbonyl (C=O) groups excluding carboxylic acids is 1. The Balaban J connectivity index is 1.46. The second-order valence-electron chi connectivity index (χ2n) is 10.1. The number of anilines is 1. The van der Waals surface area contributed by atoms with Gasteiger partial charge in [0.15, 0.2) is 5.82 Å². The number of ether oxygens (including phenoxy) is 2.